The van der Waals surface area contributed by atoms with Crippen molar-refractivity contribution in [3.05, 3.63) is 53.7 Å². The van der Waals surface area contributed by atoms with Crippen LogP contribution in [0.2, 0.25) is 0 Å². The highest BCUT2D eigenvalue weighted by Gasteiger charge is 2.09. The SMILES string of the molecule is COc1ccc(NC(=O)OCc2ccccc2)nc1C#N. The Balaban J connectivity index is 1.95. The number of methoxy groups -OCH3 is 1. The number of aromatic nitrogens is 1. The lowest BCUT2D eigenvalue weighted by Gasteiger charge is -2.08. The molecular formula is C15H13N3O3. The monoisotopic (exact) mass is 283 g/mol. The molecule has 1 amide bonds. The van der Waals surface area contributed by atoms with E-state index in [9.17, 15) is 4.79 Å². The molecule has 2 aromatic rings. The van der Waals surface area contributed by atoms with E-state index < -0.39 is 6.09 Å². The summed E-state index contributed by atoms with van der Waals surface area (Å²) >= 11 is 0. The molecule has 0 bridgehead atoms. The Morgan fingerprint density at radius 3 is 2.71 bits per heavy atom. The number of nitriles is 1. The van der Waals surface area contributed by atoms with Crippen molar-refractivity contribution < 1.29 is 14.3 Å². The number of benzene rings is 1. The molecule has 1 heterocycles. The number of ether oxygens (including phenoxy) is 2. The average molecular weight is 283 g/mol. The lowest BCUT2D eigenvalue weighted by Crippen LogP contribution is -2.14. The molecule has 0 aliphatic carbocycles. The van der Waals surface area contributed by atoms with Crippen molar-refractivity contribution >= 4 is 11.9 Å². The van der Waals surface area contributed by atoms with Gasteiger partial charge in [0.25, 0.3) is 0 Å². The second kappa shape index (κ2) is 6.91. The van der Waals surface area contributed by atoms with Crippen LogP contribution in [0, 0.1) is 11.3 Å². The van der Waals surface area contributed by atoms with Crippen LogP contribution in [0.3, 0.4) is 0 Å². The third-order valence-corrected chi connectivity index (χ3v) is 2.63. The third kappa shape index (κ3) is 3.94. The Labute approximate surface area is 121 Å². The van der Waals surface area contributed by atoms with Crippen molar-refractivity contribution in [3.63, 3.8) is 0 Å². The van der Waals surface area contributed by atoms with Crippen molar-refractivity contribution in [2.45, 2.75) is 6.61 Å². The minimum Gasteiger partial charge on any atom is -0.494 e. The molecule has 1 aromatic carbocycles. The maximum atomic E-state index is 11.7. The summed E-state index contributed by atoms with van der Waals surface area (Å²) in [7, 11) is 1.44. The zero-order valence-corrected chi connectivity index (χ0v) is 11.4. The van der Waals surface area contributed by atoms with Crippen LogP contribution in [0.4, 0.5) is 10.6 Å². The number of hydrogen-bond acceptors (Lipinski definition) is 5. The Morgan fingerprint density at radius 2 is 2.05 bits per heavy atom. The molecule has 0 spiro atoms. The number of hydrogen-bond donors (Lipinski definition) is 1. The molecule has 0 aliphatic rings. The minimum atomic E-state index is -0.639. The largest absolute Gasteiger partial charge is 0.494 e. The van der Waals surface area contributed by atoms with Gasteiger partial charge in [-0.3, -0.25) is 5.32 Å². The van der Waals surface area contributed by atoms with Crippen molar-refractivity contribution in [2.24, 2.45) is 0 Å². The normalized spacial score (nSPS) is 9.52. The number of carbonyl (C=O) groups excluding carboxylic acids is 1. The fraction of sp³-hybridized carbons (Fsp3) is 0.133. The van der Waals surface area contributed by atoms with Gasteiger partial charge in [-0.15, -0.1) is 0 Å². The molecule has 0 saturated heterocycles. The zero-order chi connectivity index (χ0) is 15.1. The molecule has 2 rings (SSSR count). The smallest absolute Gasteiger partial charge is 0.413 e. The van der Waals surface area contributed by atoms with Gasteiger partial charge in [-0.25, -0.2) is 9.78 Å². The number of rotatable bonds is 4. The van der Waals surface area contributed by atoms with Gasteiger partial charge in [0, 0.05) is 0 Å². The van der Waals surface area contributed by atoms with E-state index in [1.807, 2.05) is 36.4 Å². The number of carbonyl (C=O) groups is 1. The van der Waals surface area contributed by atoms with Gasteiger partial charge in [0.1, 0.15) is 18.5 Å². The zero-order valence-electron chi connectivity index (χ0n) is 11.4. The number of pyridine rings is 1. The Morgan fingerprint density at radius 1 is 1.29 bits per heavy atom. The lowest BCUT2D eigenvalue weighted by molar-refractivity contribution is 0.155. The van der Waals surface area contributed by atoms with Crippen LogP contribution in [0.25, 0.3) is 0 Å². The lowest BCUT2D eigenvalue weighted by atomic mass is 10.2. The van der Waals surface area contributed by atoms with Crippen LogP contribution in [-0.4, -0.2) is 18.2 Å². The first-order chi connectivity index (χ1) is 10.2. The molecule has 1 aromatic heterocycles. The Hall–Kier alpha value is -3.07. The quantitative estimate of drug-likeness (QED) is 0.932. The van der Waals surface area contributed by atoms with Crippen LogP contribution in [0.5, 0.6) is 5.75 Å². The molecule has 0 radical (unpaired) electrons. The molecule has 0 atom stereocenters. The molecule has 21 heavy (non-hydrogen) atoms. The van der Waals surface area contributed by atoms with Crippen LogP contribution in [0.1, 0.15) is 11.3 Å². The van der Waals surface area contributed by atoms with Crippen molar-refractivity contribution in [1.29, 1.82) is 5.26 Å². The second-order valence-electron chi connectivity index (χ2n) is 4.05. The van der Waals surface area contributed by atoms with Crippen LogP contribution in [-0.2, 0) is 11.3 Å². The molecule has 0 unspecified atom stereocenters. The second-order valence-corrected chi connectivity index (χ2v) is 4.05. The molecular weight excluding hydrogens is 270 g/mol. The van der Waals surface area contributed by atoms with E-state index in [1.165, 1.54) is 13.2 Å². The first kappa shape index (κ1) is 14.3. The van der Waals surface area contributed by atoms with Gasteiger partial charge in [0.05, 0.1) is 7.11 Å². The maximum absolute atomic E-state index is 11.7. The van der Waals surface area contributed by atoms with Crippen LogP contribution < -0.4 is 10.1 Å². The van der Waals surface area contributed by atoms with E-state index >= 15 is 0 Å². The predicted octanol–water partition coefficient (Wildman–Crippen LogP) is 2.71. The average Bonchev–Trinajstić information content (AvgIpc) is 2.53. The number of anilines is 1. The van der Waals surface area contributed by atoms with Gasteiger partial charge in [-0.1, -0.05) is 30.3 Å². The number of nitrogens with one attached hydrogen (secondary N) is 1. The fourth-order valence-corrected chi connectivity index (χ4v) is 1.62. The predicted molar refractivity (Wildman–Crippen MR) is 75.8 cm³/mol. The van der Waals surface area contributed by atoms with Crippen molar-refractivity contribution in [2.75, 3.05) is 12.4 Å². The van der Waals surface area contributed by atoms with Crippen molar-refractivity contribution in [1.82, 2.24) is 4.98 Å². The van der Waals surface area contributed by atoms with Gasteiger partial charge in [-0.2, -0.15) is 5.26 Å². The van der Waals surface area contributed by atoms with Gasteiger partial charge < -0.3 is 9.47 Å². The highest BCUT2D eigenvalue weighted by atomic mass is 16.5. The van der Waals surface area contributed by atoms with Gasteiger partial charge in [-0.05, 0) is 17.7 Å². The molecule has 6 nitrogen and oxygen atoms in total. The van der Waals surface area contributed by atoms with E-state index in [0.29, 0.717) is 5.75 Å². The van der Waals surface area contributed by atoms with Crippen molar-refractivity contribution in [3.8, 4) is 11.8 Å². The Kier molecular flexibility index (Phi) is 4.72. The molecule has 1 N–H and O–H groups in total. The summed E-state index contributed by atoms with van der Waals surface area (Å²) in [5, 5.41) is 11.4. The summed E-state index contributed by atoms with van der Waals surface area (Å²) in [6.45, 7) is 0.161. The summed E-state index contributed by atoms with van der Waals surface area (Å²) < 4.78 is 10.0. The summed E-state index contributed by atoms with van der Waals surface area (Å²) in [5.74, 6) is 0.575. The maximum Gasteiger partial charge on any atom is 0.413 e. The molecule has 0 saturated carbocycles. The van der Waals surface area contributed by atoms with Gasteiger partial charge in [0.2, 0.25) is 0 Å². The van der Waals surface area contributed by atoms with Gasteiger partial charge >= 0.3 is 6.09 Å². The van der Waals surface area contributed by atoms with E-state index in [-0.39, 0.29) is 18.1 Å². The topological polar surface area (TPSA) is 84.2 Å². The van der Waals surface area contributed by atoms with E-state index in [1.54, 1.807) is 6.07 Å². The standard InChI is InChI=1S/C15H13N3O3/c1-20-13-7-8-14(17-12(13)9-16)18-15(19)21-10-11-5-3-2-4-6-11/h2-8H,10H2,1H3,(H,17,18,19). The first-order valence-corrected chi connectivity index (χ1v) is 6.16. The van der Waals surface area contributed by atoms with E-state index in [0.717, 1.165) is 5.56 Å². The highest BCUT2D eigenvalue weighted by Crippen LogP contribution is 2.17. The molecule has 106 valence electrons. The number of amides is 1. The first-order valence-electron chi connectivity index (χ1n) is 6.16. The third-order valence-electron chi connectivity index (χ3n) is 2.63. The molecule has 6 heteroatoms. The summed E-state index contributed by atoms with van der Waals surface area (Å²) in [4.78, 5) is 15.6. The number of nitrogens with zero attached hydrogens (tertiary/aromatic N) is 2. The van der Waals surface area contributed by atoms with Gasteiger partial charge in [0.15, 0.2) is 11.4 Å². The Bertz CT molecular complexity index is 666. The molecule has 0 fully saturated rings. The summed E-state index contributed by atoms with van der Waals surface area (Å²) in [6, 6.07) is 14.3. The summed E-state index contributed by atoms with van der Waals surface area (Å²) in [6.07, 6.45) is -0.639. The van der Waals surface area contributed by atoms with Crippen LogP contribution in [0.15, 0.2) is 42.5 Å². The van der Waals surface area contributed by atoms with Crippen LogP contribution >= 0.6 is 0 Å². The van der Waals surface area contributed by atoms with E-state index in [4.69, 9.17) is 14.7 Å². The highest BCUT2D eigenvalue weighted by molar-refractivity contribution is 5.83. The minimum absolute atomic E-state index is 0.0957. The van der Waals surface area contributed by atoms with E-state index in [2.05, 4.69) is 10.3 Å². The fourth-order valence-electron chi connectivity index (χ4n) is 1.62. The summed E-state index contributed by atoms with van der Waals surface area (Å²) in [5.41, 5.74) is 0.978. The molecule has 0 aliphatic heterocycles.